The minimum absolute atomic E-state index is 0.204. The molecule has 1 aromatic carbocycles. The molecule has 0 aliphatic carbocycles. The molecular weight excluding hydrogens is 209 g/mol. The molecule has 0 fully saturated rings. The normalized spacial score (nSPS) is 9.64. The van der Waals surface area contributed by atoms with E-state index in [1.807, 2.05) is 6.07 Å². The minimum atomic E-state index is -0.204. The van der Waals surface area contributed by atoms with Crippen LogP contribution in [0.25, 0.3) is 0 Å². The lowest BCUT2D eigenvalue weighted by Crippen LogP contribution is -2.01. The van der Waals surface area contributed by atoms with E-state index in [-0.39, 0.29) is 5.82 Å². The molecule has 11 heavy (non-hydrogen) atoms. The van der Waals surface area contributed by atoms with Gasteiger partial charge in [0.2, 0.25) is 0 Å². The lowest BCUT2D eigenvalue weighted by Gasteiger charge is -2.02. The molecule has 1 N–H and O–H groups in total. The van der Waals surface area contributed by atoms with Crippen molar-refractivity contribution in [3.05, 3.63) is 30.1 Å². The van der Waals surface area contributed by atoms with Crippen molar-refractivity contribution < 1.29 is 4.39 Å². The van der Waals surface area contributed by atoms with E-state index in [4.69, 9.17) is 0 Å². The Labute approximate surface area is 73.7 Å². The van der Waals surface area contributed by atoms with E-state index in [1.165, 1.54) is 12.1 Å². The van der Waals surface area contributed by atoms with Crippen molar-refractivity contribution in [3.63, 3.8) is 0 Å². The zero-order valence-corrected chi connectivity index (χ0v) is 7.57. The molecule has 0 bridgehead atoms. The number of alkyl halides is 1. The summed E-state index contributed by atoms with van der Waals surface area (Å²) in [6.07, 6.45) is 0. The summed E-state index contributed by atoms with van der Waals surface area (Å²) < 4.78 is 12.5. The van der Waals surface area contributed by atoms with Crippen molar-refractivity contribution >= 4 is 21.6 Å². The smallest absolute Gasteiger partial charge is 0.125 e. The molecule has 1 rings (SSSR count). The van der Waals surface area contributed by atoms with Gasteiger partial charge in [0.1, 0.15) is 5.82 Å². The number of rotatable bonds is 3. The lowest BCUT2D eigenvalue weighted by atomic mass is 10.3. The maximum atomic E-state index is 12.5. The Kier molecular flexibility index (Phi) is 3.36. The van der Waals surface area contributed by atoms with Gasteiger partial charge in [-0.3, -0.25) is 0 Å². The van der Waals surface area contributed by atoms with Crippen molar-refractivity contribution in [2.24, 2.45) is 0 Å². The van der Waals surface area contributed by atoms with Crippen LogP contribution in [0.4, 0.5) is 10.1 Å². The first-order valence-corrected chi connectivity index (χ1v) is 4.50. The topological polar surface area (TPSA) is 12.0 Å². The minimum Gasteiger partial charge on any atom is -0.384 e. The quantitative estimate of drug-likeness (QED) is 0.769. The van der Waals surface area contributed by atoms with Gasteiger partial charge in [0.15, 0.2) is 0 Å². The molecule has 3 heteroatoms. The largest absolute Gasteiger partial charge is 0.384 e. The zero-order chi connectivity index (χ0) is 8.10. The van der Waals surface area contributed by atoms with Gasteiger partial charge in [-0.05, 0) is 18.2 Å². The molecule has 0 amide bonds. The van der Waals surface area contributed by atoms with E-state index in [2.05, 4.69) is 21.2 Å². The summed E-state index contributed by atoms with van der Waals surface area (Å²) in [5, 5.41) is 3.91. The highest BCUT2D eigenvalue weighted by Crippen LogP contribution is 2.08. The van der Waals surface area contributed by atoms with Gasteiger partial charge in [0, 0.05) is 17.6 Å². The Morgan fingerprint density at radius 1 is 1.45 bits per heavy atom. The van der Waals surface area contributed by atoms with Gasteiger partial charge in [-0.25, -0.2) is 4.39 Å². The van der Waals surface area contributed by atoms with Crippen LogP contribution < -0.4 is 5.32 Å². The number of hydrogen-bond acceptors (Lipinski definition) is 1. The van der Waals surface area contributed by atoms with Crippen LogP contribution in [-0.2, 0) is 0 Å². The summed E-state index contributed by atoms with van der Waals surface area (Å²) in [7, 11) is 0. The predicted octanol–water partition coefficient (Wildman–Crippen LogP) is 2.63. The van der Waals surface area contributed by atoms with E-state index >= 15 is 0 Å². The highest BCUT2D eigenvalue weighted by atomic mass is 79.9. The Morgan fingerprint density at radius 2 is 2.27 bits per heavy atom. The van der Waals surface area contributed by atoms with E-state index in [0.29, 0.717) is 0 Å². The summed E-state index contributed by atoms with van der Waals surface area (Å²) in [5.41, 5.74) is 0.824. The van der Waals surface area contributed by atoms with Gasteiger partial charge < -0.3 is 5.32 Å². The molecule has 0 saturated carbocycles. The van der Waals surface area contributed by atoms with Crippen LogP contribution in [0, 0.1) is 5.82 Å². The first-order chi connectivity index (χ1) is 5.33. The molecule has 0 atom stereocenters. The lowest BCUT2D eigenvalue weighted by molar-refractivity contribution is 0.628. The Morgan fingerprint density at radius 3 is 2.91 bits per heavy atom. The van der Waals surface area contributed by atoms with Crippen LogP contribution in [0.3, 0.4) is 0 Å². The van der Waals surface area contributed by atoms with Crippen molar-refractivity contribution in [1.82, 2.24) is 0 Å². The first kappa shape index (κ1) is 8.53. The third-order valence-corrected chi connectivity index (χ3v) is 1.64. The van der Waals surface area contributed by atoms with E-state index in [0.717, 1.165) is 17.6 Å². The maximum Gasteiger partial charge on any atom is 0.125 e. The van der Waals surface area contributed by atoms with Crippen molar-refractivity contribution in [3.8, 4) is 0 Å². The fourth-order valence-electron chi connectivity index (χ4n) is 0.790. The molecule has 0 unspecified atom stereocenters. The van der Waals surface area contributed by atoms with Crippen LogP contribution in [0.5, 0.6) is 0 Å². The Bertz CT molecular complexity index is 227. The van der Waals surface area contributed by atoms with Crippen LogP contribution in [0.15, 0.2) is 24.3 Å². The number of anilines is 1. The van der Waals surface area contributed by atoms with Gasteiger partial charge in [-0.15, -0.1) is 0 Å². The second-order valence-electron chi connectivity index (χ2n) is 2.13. The Hall–Kier alpha value is -0.570. The second kappa shape index (κ2) is 4.34. The summed E-state index contributed by atoms with van der Waals surface area (Å²) in [4.78, 5) is 0. The molecule has 0 aromatic heterocycles. The Balaban J connectivity index is 2.56. The van der Waals surface area contributed by atoms with Crippen molar-refractivity contribution in [1.29, 1.82) is 0 Å². The average molecular weight is 218 g/mol. The standard InChI is InChI=1S/C8H9BrFN/c9-4-5-11-8-3-1-2-7(10)6-8/h1-3,6,11H,4-5H2. The third-order valence-electron chi connectivity index (χ3n) is 1.25. The molecule has 0 saturated heterocycles. The first-order valence-electron chi connectivity index (χ1n) is 3.38. The van der Waals surface area contributed by atoms with E-state index in [9.17, 15) is 4.39 Å². The fraction of sp³-hybridized carbons (Fsp3) is 0.250. The molecule has 0 aliphatic heterocycles. The summed E-state index contributed by atoms with van der Waals surface area (Å²) in [5.74, 6) is -0.204. The molecule has 1 nitrogen and oxygen atoms in total. The van der Waals surface area contributed by atoms with Gasteiger partial charge in [-0.1, -0.05) is 22.0 Å². The van der Waals surface area contributed by atoms with Crippen LogP contribution >= 0.6 is 15.9 Å². The summed E-state index contributed by atoms with van der Waals surface area (Å²) in [6, 6.07) is 6.43. The van der Waals surface area contributed by atoms with Crippen molar-refractivity contribution in [2.45, 2.75) is 0 Å². The van der Waals surface area contributed by atoms with E-state index < -0.39 is 0 Å². The van der Waals surface area contributed by atoms with Gasteiger partial charge in [0.25, 0.3) is 0 Å². The maximum absolute atomic E-state index is 12.5. The molecule has 1 aromatic rings. The molecule has 0 heterocycles. The number of benzene rings is 1. The van der Waals surface area contributed by atoms with Crippen LogP contribution in [-0.4, -0.2) is 11.9 Å². The van der Waals surface area contributed by atoms with Crippen molar-refractivity contribution in [2.75, 3.05) is 17.2 Å². The van der Waals surface area contributed by atoms with E-state index in [1.54, 1.807) is 6.07 Å². The predicted molar refractivity (Wildman–Crippen MR) is 48.7 cm³/mol. The number of halogens is 2. The molecule has 0 aliphatic rings. The molecule has 0 radical (unpaired) electrons. The highest BCUT2D eigenvalue weighted by Gasteiger charge is 1.91. The van der Waals surface area contributed by atoms with Gasteiger partial charge in [-0.2, -0.15) is 0 Å². The third kappa shape index (κ3) is 2.89. The fourth-order valence-corrected chi connectivity index (χ4v) is 0.988. The summed E-state index contributed by atoms with van der Waals surface area (Å²) in [6.45, 7) is 0.809. The zero-order valence-electron chi connectivity index (χ0n) is 5.98. The molecule has 0 spiro atoms. The average Bonchev–Trinajstić information content (AvgIpc) is 2.01. The number of hydrogen-bond donors (Lipinski definition) is 1. The van der Waals surface area contributed by atoms with Crippen LogP contribution in [0.2, 0.25) is 0 Å². The van der Waals surface area contributed by atoms with Gasteiger partial charge in [0.05, 0.1) is 0 Å². The van der Waals surface area contributed by atoms with Crippen LogP contribution in [0.1, 0.15) is 0 Å². The monoisotopic (exact) mass is 217 g/mol. The number of nitrogens with one attached hydrogen (secondary N) is 1. The van der Waals surface area contributed by atoms with Gasteiger partial charge >= 0.3 is 0 Å². The molecule has 60 valence electrons. The molecular formula is C8H9BrFN. The SMILES string of the molecule is Fc1cccc(NCCBr)c1. The summed E-state index contributed by atoms with van der Waals surface area (Å²) >= 11 is 3.27. The highest BCUT2D eigenvalue weighted by molar-refractivity contribution is 9.09. The second-order valence-corrected chi connectivity index (χ2v) is 2.92.